The molecule has 0 bridgehead atoms. The Balaban J connectivity index is 2.61. The molecule has 0 spiro atoms. The predicted molar refractivity (Wildman–Crippen MR) is 57.5 cm³/mol. The van der Waals surface area contributed by atoms with Gasteiger partial charge in [-0.05, 0) is 19.9 Å². The third-order valence-electron chi connectivity index (χ3n) is 1.74. The molecule has 1 heterocycles. The smallest absolute Gasteiger partial charge is 0.261 e. The quantitative estimate of drug-likeness (QED) is 0.695. The van der Waals surface area contributed by atoms with Crippen molar-refractivity contribution < 1.29 is 9.90 Å². The van der Waals surface area contributed by atoms with E-state index >= 15 is 0 Å². The molecular weight excluding hydrogens is 200 g/mol. The summed E-state index contributed by atoms with van der Waals surface area (Å²) in [4.78, 5) is 13.0. The van der Waals surface area contributed by atoms with Crippen LogP contribution in [0.2, 0.25) is 0 Å². The molecule has 4 nitrogen and oxygen atoms in total. The van der Waals surface area contributed by atoms with Crippen LogP contribution < -0.4 is 11.1 Å². The molecule has 0 saturated heterocycles. The first-order valence-electron chi connectivity index (χ1n) is 4.33. The number of carbonyl (C=O) groups is 1. The molecule has 0 radical (unpaired) electrons. The summed E-state index contributed by atoms with van der Waals surface area (Å²) in [5.74, 6) is -0.185. The molecule has 0 unspecified atom stereocenters. The molecule has 0 aliphatic rings. The Morgan fingerprint density at radius 1 is 1.79 bits per heavy atom. The summed E-state index contributed by atoms with van der Waals surface area (Å²) in [7, 11) is 0. The van der Waals surface area contributed by atoms with Gasteiger partial charge in [0.05, 0.1) is 11.0 Å². The van der Waals surface area contributed by atoms with E-state index in [1.165, 1.54) is 11.3 Å². The van der Waals surface area contributed by atoms with Crippen LogP contribution in [0.3, 0.4) is 0 Å². The minimum Gasteiger partial charge on any atom is -0.398 e. The Hall–Kier alpha value is -1.07. The zero-order valence-electron chi connectivity index (χ0n) is 8.20. The number of carbonyl (C=O) groups excluding carboxylic acids is 1. The number of hydrogen-bond acceptors (Lipinski definition) is 4. The molecular formula is C9H14N2O2S. The number of nitrogen functional groups attached to an aromatic ring is 1. The summed E-state index contributed by atoms with van der Waals surface area (Å²) in [5.41, 5.74) is 6.25. The molecule has 0 fully saturated rings. The van der Waals surface area contributed by atoms with E-state index in [0.717, 1.165) is 4.88 Å². The van der Waals surface area contributed by atoms with Crippen LogP contribution >= 0.6 is 11.3 Å². The van der Waals surface area contributed by atoms with Crippen molar-refractivity contribution in [3.8, 4) is 0 Å². The van der Waals surface area contributed by atoms with Gasteiger partial charge in [0, 0.05) is 17.1 Å². The third kappa shape index (κ3) is 2.71. The van der Waals surface area contributed by atoms with E-state index in [-0.39, 0.29) is 12.5 Å². The van der Waals surface area contributed by atoms with Gasteiger partial charge in [-0.25, -0.2) is 0 Å². The van der Waals surface area contributed by atoms with Crippen LogP contribution in [0, 0.1) is 6.92 Å². The number of aryl methyl sites for hydroxylation is 1. The van der Waals surface area contributed by atoms with E-state index in [9.17, 15) is 4.79 Å². The average Bonchev–Trinajstić information content (AvgIpc) is 2.43. The van der Waals surface area contributed by atoms with Gasteiger partial charge >= 0.3 is 0 Å². The van der Waals surface area contributed by atoms with E-state index in [2.05, 4.69) is 5.32 Å². The number of aliphatic hydroxyl groups is 1. The summed E-state index contributed by atoms with van der Waals surface area (Å²) >= 11 is 1.36. The summed E-state index contributed by atoms with van der Waals surface area (Å²) in [5, 5.41) is 11.6. The maximum absolute atomic E-state index is 11.4. The highest BCUT2D eigenvalue weighted by Gasteiger charge is 2.10. The molecule has 1 atom stereocenters. The topological polar surface area (TPSA) is 75.3 Å². The first-order chi connectivity index (χ1) is 6.50. The molecule has 5 heteroatoms. The molecule has 78 valence electrons. The Morgan fingerprint density at radius 3 is 2.86 bits per heavy atom. The number of thiophene rings is 1. The summed E-state index contributed by atoms with van der Waals surface area (Å²) in [6, 6.07) is 1.65. The van der Waals surface area contributed by atoms with Gasteiger partial charge in [-0.1, -0.05) is 0 Å². The van der Waals surface area contributed by atoms with Crippen LogP contribution in [0.5, 0.6) is 0 Å². The lowest BCUT2D eigenvalue weighted by atomic mass is 10.3. The van der Waals surface area contributed by atoms with Crippen molar-refractivity contribution in [1.82, 2.24) is 5.32 Å². The van der Waals surface area contributed by atoms with Crippen LogP contribution in [0.25, 0.3) is 0 Å². The van der Waals surface area contributed by atoms with Gasteiger partial charge in [-0.2, -0.15) is 0 Å². The first-order valence-corrected chi connectivity index (χ1v) is 5.14. The van der Waals surface area contributed by atoms with Crippen LogP contribution in [-0.4, -0.2) is 23.7 Å². The fraction of sp³-hybridized carbons (Fsp3) is 0.444. The number of rotatable bonds is 3. The third-order valence-corrected chi connectivity index (χ3v) is 2.80. The van der Waals surface area contributed by atoms with Crippen LogP contribution in [0.1, 0.15) is 21.5 Å². The summed E-state index contributed by atoms with van der Waals surface area (Å²) in [6.07, 6.45) is -0.530. The average molecular weight is 214 g/mol. The molecule has 1 aromatic heterocycles. The van der Waals surface area contributed by atoms with Gasteiger partial charge in [0.1, 0.15) is 0 Å². The van der Waals surface area contributed by atoms with Crippen molar-refractivity contribution in [2.45, 2.75) is 20.0 Å². The number of nitrogens with one attached hydrogen (secondary N) is 1. The van der Waals surface area contributed by atoms with Crippen molar-refractivity contribution >= 4 is 22.9 Å². The molecule has 1 aromatic rings. The number of aliphatic hydroxyl groups excluding tert-OH is 1. The second-order valence-corrected chi connectivity index (χ2v) is 4.44. The molecule has 1 rings (SSSR count). The summed E-state index contributed by atoms with van der Waals surface area (Å²) < 4.78 is 0. The standard InChI is InChI=1S/C9H14N2O2S/c1-5(12)4-11-9(13)8-3-7(10)6(2)14-8/h3,5,12H,4,10H2,1-2H3,(H,11,13)/t5-/m1/s1. The SMILES string of the molecule is Cc1sc(C(=O)NC[C@@H](C)O)cc1N. The Kier molecular flexibility index (Phi) is 3.49. The lowest BCUT2D eigenvalue weighted by Crippen LogP contribution is -2.29. The predicted octanol–water partition coefficient (Wildman–Crippen LogP) is 0.749. The largest absolute Gasteiger partial charge is 0.398 e. The maximum atomic E-state index is 11.4. The Bertz CT molecular complexity index is 314. The fourth-order valence-electron chi connectivity index (χ4n) is 0.936. The van der Waals surface area contributed by atoms with Gasteiger partial charge < -0.3 is 16.2 Å². The van der Waals surface area contributed by atoms with Crippen molar-refractivity contribution in [1.29, 1.82) is 0 Å². The first kappa shape index (κ1) is 11.0. The highest BCUT2D eigenvalue weighted by Crippen LogP contribution is 2.22. The lowest BCUT2D eigenvalue weighted by molar-refractivity contribution is 0.0928. The van der Waals surface area contributed by atoms with E-state index in [1.807, 2.05) is 6.92 Å². The molecule has 0 aromatic carbocycles. The maximum Gasteiger partial charge on any atom is 0.261 e. The van der Waals surface area contributed by atoms with Crippen LogP contribution in [-0.2, 0) is 0 Å². The monoisotopic (exact) mass is 214 g/mol. The van der Waals surface area contributed by atoms with Gasteiger partial charge in [-0.3, -0.25) is 4.79 Å². The Morgan fingerprint density at radius 2 is 2.43 bits per heavy atom. The van der Waals surface area contributed by atoms with E-state index in [1.54, 1.807) is 13.0 Å². The highest BCUT2D eigenvalue weighted by atomic mass is 32.1. The van der Waals surface area contributed by atoms with E-state index in [0.29, 0.717) is 10.6 Å². The lowest BCUT2D eigenvalue weighted by Gasteiger charge is -2.04. The van der Waals surface area contributed by atoms with Crippen molar-refractivity contribution in [3.63, 3.8) is 0 Å². The molecule has 0 aliphatic carbocycles. The van der Waals surface area contributed by atoms with E-state index in [4.69, 9.17) is 10.8 Å². The van der Waals surface area contributed by atoms with Crippen LogP contribution in [0.15, 0.2) is 6.07 Å². The Labute approximate surface area is 86.7 Å². The highest BCUT2D eigenvalue weighted by molar-refractivity contribution is 7.14. The van der Waals surface area contributed by atoms with Gasteiger partial charge in [0.15, 0.2) is 0 Å². The van der Waals surface area contributed by atoms with Gasteiger partial charge in [0.25, 0.3) is 5.91 Å². The normalized spacial score (nSPS) is 12.5. The fourth-order valence-corrected chi connectivity index (χ4v) is 1.79. The zero-order valence-corrected chi connectivity index (χ0v) is 9.02. The number of anilines is 1. The van der Waals surface area contributed by atoms with Crippen molar-refractivity contribution in [2.75, 3.05) is 12.3 Å². The van der Waals surface area contributed by atoms with Crippen molar-refractivity contribution in [2.24, 2.45) is 0 Å². The second kappa shape index (κ2) is 4.43. The molecule has 0 saturated carbocycles. The molecule has 1 amide bonds. The molecule has 4 N–H and O–H groups in total. The minimum absolute atomic E-state index is 0.185. The van der Waals surface area contributed by atoms with Crippen LogP contribution in [0.4, 0.5) is 5.69 Å². The van der Waals surface area contributed by atoms with Crippen molar-refractivity contribution in [3.05, 3.63) is 15.8 Å². The van der Waals surface area contributed by atoms with Gasteiger partial charge in [-0.15, -0.1) is 11.3 Å². The summed E-state index contributed by atoms with van der Waals surface area (Å²) in [6.45, 7) is 3.75. The number of hydrogen-bond donors (Lipinski definition) is 3. The zero-order chi connectivity index (χ0) is 10.7. The molecule has 0 aliphatic heterocycles. The second-order valence-electron chi connectivity index (χ2n) is 3.18. The van der Waals surface area contributed by atoms with Gasteiger partial charge in [0.2, 0.25) is 0 Å². The van der Waals surface area contributed by atoms with E-state index < -0.39 is 6.10 Å². The molecule has 14 heavy (non-hydrogen) atoms. The number of nitrogens with two attached hydrogens (primary N) is 1. The minimum atomic E-state index is -0.530. The number of amides is 1.